The maximum atomic E-state index is 12.5. The van der Waals surface area contributed by atoms with E-state index in [4.69, 9.17) is 9.47 Å². The number of amides is 1. The number of benzene rings is 3. The maximum absolute atomic E-state index is 12.5. The molecule has 0 spiro atoms. The molecule has 2 N–H and O–H groups in total. The molecule has 0 aliphatic carbocycles. The summed E-state index contributed by atoms with van der Waals surface area (Å²) in [6.07, 6.45) is 1.35. The Kier molecular flexibility index (Phi) is 7.84. The largest absolute Gasteiger partial charge is 0.506 e. The van der Waals surface area contributed by atoms with Crippen molar-refractivity contribution in [1.82, 2.24) is 0 Å². The van der Waals surface area contributed by atoms with Gasteiger partial charge in [0.25, 0.3) is 11.6 Å². The van der Waals surface area contributed by atoms with Crippen LogP contribution in [0.1, 0.15) is 11.1 Å². The van der Waals surface area contributed by atoms with Gasteiger partial charge in [-0.3, -0.25) is 14.9 Å². The van der Waals surface area contributed by atoms with Crippen LogP contribution in [0.15, 0.2) is 70.7 Å². The number of hydrogen-bond donors (Lipinski definition) is 2. The molecule has 0 heterocycles. The average molecular weight is 524 g/mol. The van der Waals surface area contributed by atoms with Gasteiger partial charge in [0.2, 0.25) is 0 Å². The zero-order valence-corrected chi connectivity index (χ0v) is 19.4. The molecule has 9 nitrogen and oxygen atoms in total. The van der Waals surface area contributed by atoms with Gasteiger partial charge in [0.05, 0.1) is 23.8 Å². The molecule has 3 aromatic rings. The van der Waals surface area contributed by atoms with E-state index in [-0.39, 0.29) is 16.9 Å². The van der Waals surface area contributed by atoms with Crippen molar-refractivity contribution in [3.8, 4) is 23.3 Å². The van der Waals surface area contributed by atoms with Crippen LogP contribution in [0.5, 0.6) is 17.2 Å². The molecule has 0 atom stereocenters. The Labute approximate surface area is 203 Å². The summed E-state index contributed by atoms with van der Waals surface area (Å²) < 4.78 is 12.2. The van der Waals surface area contributed by atoms with Gasteiger partial charge in [0, 0.05) is 10.5 Å². The first-order valence-electron chi connectivity index (χ1n) is 9.76. The van der Waals surface area contributed by atoms with Crippen molar-refractivity contribution < 1.29 is 24.3 Å². The third-order valence-electron chi connectivity index (χ3n) is 4.61. The second-order valence-electron chi connectivity index (χ2n) is 6.91. The highest BCUT2D eigenvalue weighted by Crippen LogP contribution is 2.31. The SMILES string of the molecule is COc1cc(/C=C(/C#N)C(=O)Nc2ccc([N+](=O)[O-])cc2O)ccc1OCc1ccc(Br)cc1. The summed E-state index contributed by atoms with van der Waals surface area (Å²) in [4.78, 5) is 22.6. The Bertz CT molecular complexity index is 1300. The van der Waals surface area contributed by atoms with Crippen LogP contribution in [0, 0.1) is 21.4 Å². The molecule has 0 bridgehead atoms. The van der Waals surface area contributed by atoms with Crippen molar-refractivity contribution in [2.45, 2.75) is 6.61 Å². The minimum absolute atomic E-state index is 0.0639. The van der Waals surface area contributed by atoms with Crippen LogP contribution in [0.3, 0.4) is 0 Å². The molecule has 3 rings (SSSR count). The molecule has 0 fully saturated rings. The van der Waals surface area contributed by atoms with Crippen molar-refractivity contribution in [2.75, 3.05) is 12.4 Å². The van der Waals surface area contributed by atoms with E-state index < -0.39 is 16.6 Å². The molecule has 0 saturated heterocycles. The van der Waals surface area contributed by atoms with E-state index in [1.54, 1.807) is 24.3 Å². The first kappa shape index (κ1) is 24.3. The molecule has 0 unspecified atom stereocenters. The summed E-state index contributed by atoms with van der Waals surface area (Å²) in [7, 11) is 1.48. The maximum Gasteiger partial charge on any atom is 0.273 e. The number of carbonyl (C=O) groups excluding carboxylic acids is 1. The molecule has 0 aliphatic rings. The molecule has 34 heavy (non-hydrogen) atoms. The highest BCUT2D eigenvalue weighted by molar-refractivity contribution is 9.10. The number of nitriles is 1. The smallest absolute Gasteiger partial charge is 0.273 e. The van der Waals surface area contributed by atoms with Crippen molar-refractivity contribution in [3.63, 3.8) is 0 Å². The fraction of sp³-hybridized carbons (Fsp3) is 0.0833. The predicted molar refractivity (Wildman–Crippen MR) is 128 cm³/mol. The molecule has 0 aromatic heterocycles. The van der Waals surface area contributed by atoms with Gasteiger partial charge in [-0.05, 0) is 47.5 Å². The first-order valence-corrected chi connectivity index (χ1v) is 10.6. The molecular formula is C24H18BrN3O6. The van der Waals surface area contributed by atoms with Gasteiger partial charge in [-0.1, -0.05) is 34.1 Å². The highest BCUT2D eigenvalue weighted by Gasteiger charge is 2.15. The predicted octanol–water partition coefficient (Wildman–Crippen LogP) is 5.20. The summed E-state index contributed by atoms with van der Waals surface area (Å²) in [5, 5.41) is 32.5. The van der Waals surface area contributed by atoms with E-state index in [0.29, 0.717) is 23.7 Å². The lowest BCUT2D eigenvalue weighted by atomic mass is 10.1. The van der Waals surface area contributed by atoms with E-state index in [2.05, 4.69) is 21.2 Å². The number of carbonyl (C=O) groups is 1. The fourth-order valence-corrected chi connectivity index (χ4v) is 3.14. The van der Waals surface area contributed by atoms with Crippen molar-refractivity contribution in [2.24, 2.45) is 0 Å². The van der Waals surface area contributed by atoms with Crippen molar-refractivity contribution in [1.29, 1.82) is 5.26 Å². The van der Waals surface area contributed by atoms with Gasteiger partial charge in [0.1, 0.15) is 24.0 Å². The second-order valence-corrected chi connectivity index (χ2v) is 7.82. The van der Waals surface area contributed by atoms with E-state index in [1.807, 2.05) is 24.3 Å². The molecule has 0 radical (unpaired) electrons. The quantitative estimate of drug-likeness (QED) is 0.136. The summed E-state index contributed by atoms with van der Waals surface area (Å²) in [6, 6.07) is 17.6. The first-order chi connectivity index (χ1) is 16.3. The third-order valence-corrected chi connectivity index (χ3v) is 5.14. The van der Waals surface area contributed by atoms with Crippen molar-refractivity contribution >= 4 is 39.3 Å². The lowest BCUT2D eigenvalue weighted by Gasteiger charge is -2.12. The molecule has 3 aromatic carbocycles. The molecule has 1 amide bonds. The summed E-state index contributed by atoms with van der Waals surface area (Å²) >= 11 is 3.38. The average Bonchev–Trinajstić information content (AvgIpc) is 2.83. The fourth-order valence-electron chi connectivity index (χ4n) is 2.88. The number of rotatable bonds is 8. The highest BCUT2D eigenvalue weighted by atomic mass is 79.9. The van der Waals surface area contributed by atoms with Crippen LogP contribution < -0.4 is 14.8 Å². The molecule has 0 aliphatic heterocycles. The standard InChI is InChI=1S/C24H18BrN3O6/c1-33-23-11-16(4-9-22(23)34-14-15-2-5-18(25)6-3-15)10-17(13-26)24(30)27-20-8-7-19(28(31)32)12-21(20)29/h2-12,29H,14H2,1H3,(H,27,30)/b17-10-. The third kappa shape index (κ3) is 6.11. The van der Waals surface area contributed by atoms with Gasteiger partial charge in [-0.2, -0.15) is 5.26 Å². The normalized spacial score (nSPS) is 10.8. The number of nitro benzene ring substituents is 1. The van der Waals surface area contributed by atoms with E-state index in [0.717, 1.165) is 22.2 Å². The number of anilines is 1. The van der Waals surface area contributed by atoms with Gasteiger partial charge in [-0.15, -0.1) is 0 Å². The summed E-state index contributed by atoms with van der Waals surface area (Å²) in [5.41, 5.74) is 0.829. The molecular weight excluding hydrogens is 506 g/mol. The lowest BCUT2D eigenvalue weighted by Crippen LogP contribution is -2.13. The molecule has 172 valence electrons. The van der Waals surface area contributed by atoms with E-state index in [1.165, 1.54) is 19.3 Å². The van der Waals surface area contributed by atoms with Crippen LogP contribution in [-0.2, 0) is 11.4 Å². The van der Waals surface area contributed by atoms with Gasteiger partial charge in [0.15, 0.2) is 11.5 Å². The number of methoxy groups -OCH3 is 1. The molecule has 0 saturated carbocycles. The van der Waals surface area contributed by atoms with Crippen LogP contribution in [0.4, 0.5) is 11.4 Å². The van der Waals surface area contributed by atoms with Crippen LogP contribution in [-0.4, -0.2) is 23.0 Å². The van der Waals surface area contributed by atoms with E-state index in [9.17, 15) is 25.3 Å². The monoisotopic (exact) mass is 523 g/mol. The minimum Gasteiger partial charge on any atom is -0.506 e. The summed E-state index contributed by atoms with van der Waals surface area (Å²) in [6.45, 7) is 0.323. The Balaban J connectivity index is 1.75. The second kappa shape index (κ2) is 11.0. The lowest BCUT2D eigenvalue weighted by molar-refractivity contribution is -0.384. The molecule has 10 heteroatoms. The minimum atomic E-state index is -0.791. The zero-order chi connectivity index (χ0) is 24.7. The Morgan fingerprint density at radius 1 is 1.18 bits per heavy atom. The topological polar surface area (TPSA) is 135 Å². The van der Waals surface area contributed by atoms with Crippen LogP contribution in [0.2, 0.25) is 0 Å². The number of aromatic hydroxyl groups is 1. The number of phenols is 1. The number of halogens is 1. The number of hydrogen-bond acceptors (Lipinski definition) is 7. The summed E-state index contributed by atoms with van der Waals surface area (Å²) in [5.74, 6) is -0.382. The number of non-ortho nitro benzene ring substituents is 1. The number of phenolic OH excluding ortho intramolecular Hbond substituents is 1. The van der Waals surface area contributed by atoms with Gasteiger partial charge >= 0.3 is 0 Å². The number of ether oxygens (including phenoxy) is 2. The number of nitro groups is 1. The Hall–Kier alpha value is -4.36. The Morgan fingerprint density at radius 3 is 2.53 bits per heavy atom. The van der Waals surface area contributed by atoms with Gasteiger partial charge < -0.3 is 19.9 Å². The van der Waals surface area contributed by atoms with E-state index >= 15 is 0 Å². The van der Waals surface area contributed by atoms with Gasteiger partial charge in [-0.25, -0.2) is 0 Å². The van der Waals surface area contributed by atoms with Crippen LogP contribution in [0.25, 0.3) is 6.08 Å². The Morgan fingerprint density at radius 2 is 1.91 bits per heavy atom. The number of nitrogens with one attached hydrogen (secondary N) is 1. The van der Waals surface area contributed by atoms with Crippen molar-refractivity contribution in [3.05, 3.63) is 92.0 Å². The zero-order valence-electron chi connectivity index (χ0n) is 17.8. The van der Waals surface area contributed by atoms with Crippen LogP contribution >= 0.6 is 15.9 Å². The number of nitrogens with zero attached hydrogens (tertiary/aromatic N) is 2.